The number of methoxy groups -OCH3 is 5. The molecule has 0 radical (unpaired) electrons. The fraction of sp³-hybridized carbons (Fsp3) is 0.379. The quantitative estimate of drug-likeness (QED) is 0.0401. The molecule has 0 bridgehead atoms. The Morgan fingerprint density at radius 1 is 0.577 bits per heavy atom. The molecule has 0 saturated carbocycles. The van der Waals surface area contributed by atoms with Gasteiger partial charge in [-0.15, -0.1) is 0 Å². The molecule has 4 atom stereocenters. The number of carbonyl (C=O) groups excluding carboxylic acids is 6. The molecule has 0 fully saturated rings. The summed E-state index contributed by atoms with van der Waals surface area (Å²) in [5.74, 6) is -2.07. The van der Waals surface area contributed by atoms with Crippen molar-refractivity contribution in [3.63, 3.8) is 0 Å². The minimum atomic E-state index is -1.13. The fourth-order valence-electron chi connectivity index (χ4n) is 8.48. The summed E-state index contributed by atoms with van der Waals surface area (Å²) in [6.45, 7) is 9.34. The Morgan fingerprint density at radius 2 is 1.09 bits per heavy atom. The molecule has 0 spiro atoms. The van der Waals surface area contributed by atoms with E-state index in [9.17, 15) is 28.8 Å². The first-order valence-corrected chi connectivity index (χ1v) is 25.6. The summed E-state index contributed by atoms with van der Waals surface area (Å²) in [5.41, 5.74) is 4.01. The molecule has 78 heavy (non-hydrogen) atoms. The third kappa shape index (κ3) is 14.8. The number of ether oxygens (including phenoxy) is 6. The number of nitrogens with one attached hydrogen (secondary N) is 4. The second kappa shape index (κ2) is 27.9. The van der Waals surface area contributed by atoms with Gasteiger partial charge in [-0.25, -0.2) is 0 Å². The second-order valence-corrected chi connectivity index (χ2v) is 18.9. The van der Waals surface area contributed by atoms with E-state index in [1.54, 1.807) is 66.0 Å². The van der Waals surface area contributed by atoms with Crippen molar-refractivity contribution in [3.8, 4) is 45.5 Å². The molecule has 0 aliphatic heterocycles. The average Bonchev–Trinajstić information content (AvgIpc) is 4.11. The molecule has 0 aliphatic rings. The van der Waals surface area contributed by atoms with Crippen molar-refractivity contribution in [2.45, 2.75) is 85.2 Å². The van der Waals surface area contributed by atoms with Crippen LogP contribution < -0.4 is 40.2 Å². The molecule has 20 heteroatoms. The predicted octanol–water partition coefficient (Wildman–Crippen LogP) is 6.54. The van der Waals surface area contributed by atoms with E-state index in [4.69, 9.17) is 33.9 Å². The summed E-state index contributed by atoms with van der Waals surface area (Å²) in [6, 6.07) is 27.7. The van der Waals surface area contributed by atoms with E-state index in [1.165, 1.54) is 21.3 Å². The Labute approximate surface area is 454 Å². The summed E-state index contributed by atoms with van der Waals surface area (Å²) in [4.78, 5) is 81.2. The van der Waals surface area contributed by atoms with Crippen molar-refractivity contribution in [3.05, 3.63) is 131 Å². The highest BCUT2D eigenvalue weighted by atomic mass is 16.5. The van der Waals surface area contributed by atoms with Crippen molar-refractivity contribution < 1.29 is 57.2 Å². The summed E-state index contributed by atoms with van der Waals surface area (Å²) in [7, 11) is 7.23. The molecule has 414 valence electrons. The summed E-state index contributed by atoms with van der Waals surface area (Å²) in [6.07, 6.45) is 1.06. The third-order valence-corrected chi connectivity index (χ3v) is 13.3. The van der Waals surface area contributed by atoms with Crippen LogP contribution >= 0.6 is 0 Å². The summed E-state index contributed by atoms with van der Waals surface area (Å²) in [5, 5.41) is 20.3. The predicted molar refractivity (Wildman–Crippen MR) is 291 cm³/mol. The van der Waals surface area contributed by atoms with Gasteiger partial charge in [0.25, 0.3) is 11.8 Å². The van der Waals surface area contributed by atoms with Gasteiger partial charge >= 0.3 is 11.9 Å². The van der Waals surface area contributed by atoms with Crippen molar-refractivity contribution in [1.29, 1.82) is 0 Å². The molecule has 4 amide bonds. The van der Waals surface area contributed by atoms with E-state index in [2.05, 4.69) is 39.9 Å². The largest absolute Gasteiger partial charge is 0.496 e. The molecule has 4 N–H and O–H groups in total. The summed E-state index contributed by atoms with van der Waals surface area (Å²) < 4.78 is 37.1. The van der Waals surface area contributed by atoms with Crippen molar-refractivity contribution >= 4 is 35.6 Å². The van der Waals surface area contributed by atoms with E-state index >= 15 is 0 Å². The molecule has 2 heterocycles. The summed E-state index contributed by atoms with van der Waals surface area (Å²) >= 11 is 0. The lowest BCUT2D eigenvalue weighted by Gasteiger charge is -2.22. The monoisotopic (exact) mass is 1070 g/mol. The zero-order valence-electron chi connectivity index (χ0n) is 45.8. The topological polar surface area (TPSA) is 242 Å². The first-order valence-electron chi connectivity index (χ1n) is 25.6. The van der Waals surface area contributed by atoms with E-state index in [-0.39, 0.29) is 54.5 Å². The zero-order valence-corrected chi connectivity index (χ0v) is 45.8. The third-order valence-electron chi connectivity index (χ3n) is 13.3. The number of benzene rings is 4. The molecule has 0 aliphatic carbocycles. The maximum absolute atomic E-state index is 14.2. The van der Waals surface area contributed by atoms with Crippen LogP contribution in [-0.2, 0) is 54.6 Å². The van der Waals surface area contributed by atoms with Crippen LogP contribution in [0.2, 0.25) is 0 Å². The van der Waals surface area contributed by atoms with Crippen molar-refractivity contribution in [1.82, 2.24) is 40.8 Å². The number of hydrogen-bond acceptors (Lipinski definition) is 14. The van der Waals surface area contributed by atoms with Crippen LogP contribution in [0.1, 0.15) is 84.7 Å². The SMILES string of the molecule is CCC(C)Cn1nc(C(=O)N[C@@H](Cc2ccccc2)C(=O)NCC(=O)OCc2ccc(OC)c(-c3cc(C(=O)N[C@@H](Cc4ccccc4)C(=O)NCC(=O)OC)nn3C(C)C(C)C)c2OC)cc1-c1c(OC)cccc1OC. The highest BCUT2D eigenvalue weighted by molar-refractivity contribution is 5.99. The molecular weight excluding hydrogens is 1000 g/mol. The maximum Gasteiger partial charge on any atom is 0.325 e. The van der Waals surface area contributed by atoms with Gasteiger partial charge in [-0.05, 0) is 66.3 Å². The molecular formula is C58H70N8O12. The Hall–Kier alpha value is -8.68. The van der Waals surface area contributed by atoms with Gasteiger partial charge < -0.3 is 49.7 Å². The van der Waals surface area contributed by atoms with Crippen molar-refractivity contribution in [2.75, 3.05) is 48.6 Å². The minimum absolute atomic E-state index is 0.0197. The van der Waals surface area contributed by atoms with Gasteiger partial charge in [0, 0.05) is 24.9 Å². The fourth-order valence-corrected chi connectivity index (χ4v) is 8.48. The van der Waals surface area contributed by atoms with Gasteiger partial charge in [0.1, 0.15) is 54.8 Å². The lowest BCUT2D eigenvalue weighted by atomic mass is 10.0. The Bertz CT molecular complexity index is 3010. The zero-order chi connectivity index (χ0) is 56.5. The highest BCUT2D eigenvalue weighted by Crippen LogP contribution is 2.43. The minimum Gasteiger partial charge on any atom is -0.496 e. The van der Waals surface area contributed by atoms with Crippen LogP contribution in [0.4, 0.5) is 0 Å². The van der Waals surface area contributed by atoms with Gasteiger partial charge in [-0.3, -0.25) is 38.1 Å². The van der Waals surface area contributed by atoms with Gasteiger partial charge in [0.05, 0.1) is 64.1 Å². The Kier molecular flexibility index (Phi) is 21.0. The highest BCUT2D eigenvalue weighted by Gasteiger charge is 2.31. The van der Waals surface area contributed by atoms with Crippen LogP contribution in [0.3, 0.4) is 0 Å². The maximum atomic E-state index is 14.2. The normalized spacial score (nSPS) is 12.6. The number of esters is 2. The first kappa shape index (κ1) is 58.6. The smallest absolute Gasteiger partial charge is 0.325 e. The van der Waals surface area contributed by atoms with E-state index < -0.39 is 60.7 Å². The number of amides is 4. The number of carbonyl (C=O) groups is 6. The average molecular weight is 1070 g/mol. The standard InChI is InChI=1S/C58H70N8O12/c1-11-36(4)33-65-45(52-47(73-6)23-18-24-48(52)74-7)29-43(63-65)57(71)61-42(28-39-21-16-13-17-22-39)56(70)60-32-51(68)78-34-40-25-26-49(75-8)53(54(40)77-10)46-30-44(64-66(46)37(5)35(2)3)58(72)62-41(27-38-19-14-12-15-20-38)55(69)59-31-50(67)76-9/h12-26,29-30,35-37,41-42H,11,27-28,31-34H2,1-10H3,(H,59,69)(H,60,70)(H,61,71)(H,62,72)/t36?,37?,41-,42-/m0/s1. The Morgan fingerprint density at radius 3 is 1.59 bits per heavy atom. The van der Waals surface area contributed by atoms with Crippen LogP contribution in [-0.4, -0.2) is 116 Å². The lowest BCUT2D eigenvalue weighted by molar-refractivity contribution is -0.145. The first-order chi connectivity index (χ1) is 37.5. The molecule has 20 nitrogen and oxygen atoms in total. The molecule has 4 aromatic carbocycles. The number of nitrogens with zero attached hydrogens (tertiary/aromatic N) is 4. The number of aromatic nitrogens is 4. The van der Waals surface area contributed by atoms with Gasteiger partial charge in [0.2, 0.25) is 11.8 Å². The van der Waals surface area contributed by atoms with E-state index in [0.29, 0.717) is 51.9 Å². The van der Waals surface area contributed by atoms with Crippen LogP contribution in [0, 0.1) is 11.8 Å². The molecule has 0 saturated heterocycles. The molecule has 6 rings (SSSR count). The number of hydrogen-bond donors (Lipinski definition) is 4. The van der Waals surface area contributed by atoms with Crippen LogP contribution in [0.15, 0.2) is 103 Å². The van der Waals surface area contributed by atoms with E-state index in [0.717, 1.165) is 17.5 Å². The van der Waals surface area contributed by atoms with Gasteiger partial charge in [-0.2, -0.15) is 10.2 Å². The molecule has 2 unspecified atom stereocenters. The van der Waals surface area contributed by atoms with E-state index in [1.807, 2.05) is 81.4 Å². The Balaban J connectivity index is 1.22. The van der Waals surface area contributed by atoms with Crippen LogP contribution in [0.5, 0.6) is 23.0 Å². The second-order valence-electron chi connectivity index (χ2n) is 18.9. The van der Waals surface area contributed by atoms with Crippen LogP contribution in [0.25, 0.3) is 22.5 Å². The van der Waals surface area contributed by atoms with Gasteiger partial charge in [0.15, 0.2) is 11.4 Å². The van der Waals surface area contributed by atoms with Gasteiger partial charge in [-0.1, -0.05) is 101 Å². The molecule has 6 aromatic rings. The molecule has 2 aromatic heterocycles. The van der Waals surface area contributed by atoms with Crippen molar-refractivity contribution in [2.24, 2.45) is 11.8 Å². The lowest BCUT2D eigenvalue weighted by Crippen LogP contribution is -2.49. The number of rotatable bonds is 27.